The topological polar surface area (TPSA) is 121 Å². The molecule has 7 heteroatoms. The minimum Gasteiger partial charge on any atom is -0.872 e. The van der Waals surface area contributed by atoms with Gasteiger partial charge in [-0.25, -0.2) is 9.59 Å². The van der Waals surface area contributed by atoms with Crippen molar-refractivity contribution in [1.82, 2.24) is 0 Å². The summed E-state index contributed by atoms with van der Waals surface area (Å²) in [4.78, 5) is 21.3. The molecule has 0 aliphatic rings. The van der Waals surface area contributed by atoms with Gasteiger partial charge in [-0.3, -0.25) is 0 Å². The quantitative estimate of drug-likeness (QED) is 0.463. The number of hydrogen-bond acceptors (Lipinski definition) is 4. The number of aromatic carboxylic acids is 2. The van der Waals surface area contributed by atoms with Crippen LogP contribution in [0.3, 0.4) is 0 Å². The van der Waals surface area contributed by atoms with Crippen molar-refractivity contribution in [3.05, 3.63) is 83.9 Å². The molecule has 0 heterocycles. The Labute approximate surface area is 178 Å². The normalized spacial score (nSPS) is 9.93. The Kier molecular flexibility index (Phi) is 6.91. The van der Waals surface area contributed by atoms with Crippen molar-refractivity contribution in [2.75, 3.05) is 0 Å². The van der Waals surface area contributed by atoms with E-state index in [0.717, 1.165) is 12.1 Å². The fourth-order valence-electron chi connectivity index (χ4n) is 2.80. The molecule has 0 saturated heterocycles. The number of carboxylic acids is 2. The van der Waals surface area contributed by atoms with Crippen molar-refractivity contribution >= 4 is 33.5 Å². The Morgan fingerprint density at radius 2 is 0.966 bits per heavy atom. The number of benzene rings is 4. The van der Waals surface area contributed by atoms with E-state index in [0.29, 0.717) is 21.5 Å². The molecule has 140 valence electrons. The van der Waals surface area contributed by atoms with Crippen molar-refractivity contribution in [3.63, 3.8) is 0 Å². The zero-order valence-electron chi connectivity index (χ0n) is 15.2. The first-order valence-electron chi connectivity index (χ1n) is 8.23. The first kappa shape index (κ1) is 21.9. The van der Waals surface area contributed by atoms with Crippen molar-refractivity contribution in [2.24, 2.45) is 0 Å². The third-order valence-corrected chi connectivity index (χ3v) is 4.14. The van der Waals surface area contributed by atoms with Crippen LogP contribution in [0.15, 0.2) is 72.8 Å². The van der Waals surface area contributed by atoms with Gasteiger partial charge in [-0.05, 0) is 33.7 Å². The maximum absolute atomic E-state index is 11.4. The van der Waals surface area contributed by atoms with E-state index in [2.05, 4.69) is 0 Å². The van der Waals surface area contributed by atoms with Gasteiger partial charge in [-0.1, -0.05) is 60.7 Å². The van der Waals surface area contributed by atoms with Crippen LogP contribution in [0.25, 0.3) is 21.5 Å². The molecule has 4 rings (SSSR count). The summed E-state index contributed by atoms with van der Waals surface area (Å²) < 4.78 is 0. The second kappa shape index (κ2) is 9.17. The molecular formula is C22H14O6Zn. The molecule has 6 nitrogen and oxygen atoms in total. The van der Waals surface area contributed by atoms with Crippen molar-refractivity contribution < 1.29 is 49.5 Å². The van der Waals surface area contributed by atoms with Crippen LogP contribution in [0, 0.1) is 0 Å². The summed E-state index contributed by atoms with van der Waals surface area (Å²) >= 11 is 0. The number of carbonyl (C=O) groups is 2. The van der Waals surface area contributed by atoms with E-state index in [1.807, 2.05) is 0 Å². The average Bonchev–Trinajstić information content (AvgIpc) is 2.68. The molecule has 0 radical (unpaired) electrons. The SMILES string of the molecule is O=C(O)c1cc([O-])c2ccccc2c1.O=C(O)c1cc([O-])c2ccccc2c1.[Zn+2]. The van der Waals surface area contributed by atoms with E-state index in [9.17, 15) is 19.8 Å². The Morgan fingerprint density at radius 3 is 1.31 bits per heavy atom. The molecule has 0 bridgehead atoms. The van der Waals surface area contributed by atoms with E-state index in [1.165, 1.54) is 12.1 Å². The van der Waals surface area contributed by atoms with Crippen LogP contribution in [0.2, 0.25) is 0 Å². The van der Waals surface area contributed by atoms with Crippen LogP contribution in [-0.2, 0) is 19.5 Å². The van der Waals surface area contributed by atoms with Gasteiger partial charge in [0, 0.05) is 0 Å². The molecule has 0 aromatic heterocycles. The van der Waals surface area contributed by atoms with Crippen LogP contribution in [0.5, 0.6) is 11.5 Å². The molecule has 2 N–H and O–H groups in total. The summed E-state index contributed by atoms with van der Waals surface area (Å²) in [6.07, 6.45) is 0. The number of rotatable bonds is 2. The van der Waals surface area contributed by atoms with E-state index in [1.54, 1.807) is 48.5 Å². The van der Waals surface area contributed by atoms with Crippen molar-refractivity contribution in [1.29, 1.82) is 0 Å². The summed E-state index contributed by atoms with van der Waals surface area (Å²) in [6.45, 7) is 0. The number of hydrogen-bond donors (Lipinski definition) is 2. The minimum atomic E-state index is -1.08. The summed E-state index contributed by atoms with van der Waals surface area (Å²) in [5.41, 5.74) is 0.0717. The smallest absolute Gasteiger partial charge is 0.872 e. The van der Waals surface area contributed by atoms with Gasteiger partial charge in [0.25, 0.3) is 0 Å². The standard InChI is InChI=1S/2C11H8O3.Zn/c2*12-10-6-8(11(13)14)5-7-3-1-2-4-9(7)10;/h2*1-6,12H,(H,13,14);/q;;+2/p-2. The molecule has 4 aromatic carbocycles. The predicted octanol–water partition coefficient (Wildman–Crippen LogP) is 3.22. The number of fused-ring (bicyclic) bond motifs is 2. The molecule has 0 amide bonds. The van der Waals surface area contributed by atoms with Gasteiger partial charge in [-0.2, -0.15) is 0 Å². The van der Waals surface area contributed by atoms with Gasteiger partial charge in [0.05, 0.1) is 11.1 Å². The zero-order valence-corrected chi connectivity index (χ0v) is 18.1. The molecule has 0 atom stereocenters. The molecular weight excluding hydrogens is 426 g/mol. The largest absolute Gasteiger partial charge is 2.00 e. The van der Waals surface area contributed by atoms with Crippen LogP contribution in [0.1, 0.15) is 20.7 Å². The third-order valence-electron chi connectivity index (χ3n) is 4.14. The minimum absolute atomic E-state index is 0. The fourth-order valence-corrected chi connectivity index (χ4v) is 2.80. The zero-order chi connectivity index (χ0) is 20.3. The van der Waals surface area contributed by atoms with Crippen LogP contribution < -0.4 is 10.2 Å². The third kappa shape index (κ3) is 4.89. The summed E-state index contributed by atoms with van der Waals surface area (Å²) in [5.74, 6) is -2.65. The molecule has 0 spiro atoms. The van der Waals surface area contributed by atoms with Crippen LogP contribution in [0.4, 0.5) is 0 Å². The van der Waals surface area contributed by atoms with E-state index in [-0.39, 0.29) is 42.1 Å². The van der Waals surface area contributed by atoms with Gasteiger partial charge in [0.1, 0.15) is 0 Å². The summed E-state index contributed by atoms with van der Waals surface area (Å²) in [5, 5.41) is 42.8. The average molecular weight is 440 g/mol. The Balaban J connectivity index is 0.000000200. The Bertz CT molecular complexity index is 1110. The van der Waals surface area contributed by atoms with Gasteiger partial charge in [-0.15, -0.1) is 11.5 Å². The van der Waals surface area contributed by atoms with Crippen LogP contribution >= 0.6 is 0 Å². The molecule has 0 aliphatic carbocycles. The summed E-state index contributed by atoms with van der Waals surface area (Å²) in [7, 11) is 0. The predicted molar refractivity (Wildman–Crippen MR) is 101 cm³/mol. The molecule has 0 aliphatic heterocycles. The van der Waals surface area contributed by atoms with Gasteiger partial charge in [0.2, 0.25) is 0 Å². The Morgan fingerprint density at radius 1 is 0.621 bits per heavy atom. The first-order valence-corrected chi connectivity index (χ1v) is 8.23. The molecule has 0 unspecified atom stereocenters. The van der Waals surface area contributed by atoms with Gasteiger partial charge >= 0.3 is 31.4 Å². The molecule has 0 fully saturated rings. The van der Waals surface area contributed by atoms with E-state index in [4.69, 9.17) is 10.2 Å². The molecule has 4 aromatic rings. The second-order valence-electron chi connectivity index (χ2n) is 6.00. The molecule has 0 saturated carbocycles. The van der Waals surface area contributed by atoms with E-state index >= 15 is 0 Å². The summed E-state index contributed by atoms with van der Waals surface area (Å²) in [6, 6.07) is 19.2. The maximum Gasteiger partial charge on any atom is 2.00 e. The van der Waals surface area contributed by atoms with Crippen molar-refractivity contribution in [2.45, 2.75) is 0 Å². The maximum atomic E-state index is 11.4. The second-order valence-corrected chi connectivity index (χ2v) is 6.00. The van der Waals surface area contributed by atoms with Gasteiger partial charge < -0.3 is 20.4 Å². The monoisotopic (exact) mass is 438 g/mol. The van der Waals surface area contributed by atoms with Crippen LogP contribution in [-0.4, -0.2) is 22.2 Å². The van der Waals surface area contributed by atoms with E-state index < -0.39 is 11.9 Å². The van der Waals surface area contributed by atoms with Crippen molar-refractivity contribution in [3.8, 4) is 11.5 Å². The van der Waals surface area contributed by atoms with Gasteiger partial charge in [0.15, 0.2) is 0 Å². The first-order chi connectivity index (χ1) is 13.4. The molecule has 29 heavy (non-hydrogen) atoms. The fraction of sp³-hybridized carbons (Fsp3) is 0. The Hall–Kier alpha value is -3.44. The number of carboxylic acid groups (broad SMARTS) is 2.